The molecule has 0 aliphatic carbocycles. The van der Waals surface area contributed by atoms with E-state index in [0.29, 0.717) is 29.3 Å². The van der Waals surface area contributed by atoms with E-state index in [9.17, 15) is 13.5 Å². The molecular formula is C37H60O5S. The molecule has 2 saturated heterocycles. The Labute approximate surface area is 263 Å². The molecular weight excluding hydrogens is 556 g/mol. The van der Waals surface area contributed by atoms with Crippen LogP contribution in [-0.4, -0.2) is 49.8 Å². The van der Waals surface area contributed by atoms with Gasteiger partial charge in [-0.2, -0.15) is 0 Å². The molecule has 43 heavy (non-hydrogen) atoms. The number of rotatable bonds is 18. The number of aliphatic hydroxyl groups excluding tert-OH is 1. The van der Waals surface area contributed by atoms with Crippen LogP contribution >= 0.6 is 0 Å². The zero-order valence-electron chi connectivity index (χ0n) is 27.8. The minimum absolute atomic E-state index is 0.0111. The first-order chi connectivity index (χ1) is 20.4. The Kier molecular flexibility index (Phi) is 14.0. The van der Waals surface area contributed by atoms with Gasteiger partial charge >= 0.3 is 0 Å². The van der Waals surface area contributed by atoms with Gasteiger partial charge in [-0.15, -0.1) is 0 Å². The first-order valence-electron chi connectivity index (χ1n) is 17.0. The van der Waals surface area contributed by atoms with Crippen LogP contribution in [0.5, 0.6) is 0 Å². The van der Waals surface area contributed by atoms with Crippen molar-refractivity contribution in [3.8, 4) is 0 Å². The van der Waals surface area contributed by atoms with Crippen LogP contribution in [0.2, 0.25) is 0 Å². The molecule has 0 amide bonds. The number of aliphatic hydroxyl groups is 1. The number of hydrogen-bond donors (Lipinski definition) is 1. The van der Waals surface area contributed by atoms with Gasteiger partial charge in [0.15, 0.2) is 9.84 Å². The lowest BCUT2D eigenvalue weighted by Crippen LogP contribution is -2.32. The van der Waals surface area contributed by atoms with Gasteiger partial charge in [-0.3, -0.25) is 0 Å². The molecule has 3 rings (SSSR count). The van der Waals surface area contributed by atoms with Gasteiger partial charge in [0, 0.05) is 12.3 Å². The molecule has 2 heterocycles. The second-order valence-electron chi connectivity index (χ2n) is 14.0. The number of ether oxygens (including phenoxy) is 2. The summed E-state index contributed by atoms with van der Waals surface area (Å²) in [6.45, 7) is 21.8. The summed E-state index contributed by atoms with van der Waals surface area (Å²) in [7, 11) is -3.48. The van der Waals surface area contributed by atoms with E-state index >= 15 is 0 Å². The molecule has 10 atom stereocenters. The van der Waals surface area contributed by atoms with Gasteiger partial charge in [0.05, 0.1) is 41.2 Å². The molecule has 0 saturated carbocycles. The highest BCUT2D eigenvalue weighted by molar-refractivity contribution is 7.91. The predicted octanol–water partition coefficient (Wildman–Crippen LogP) is 8.57. The normalized spacial score (nSPS) is 29.0. The molecule has 0 aromatic heterocycles. The fraction of sp³-hybridized carbons (Fsp3) is 0.730. The third-order valence-electron chi connectivity index (χ3n) is 10.3. The van der Waals surface area contributed by atoms with Crippen LogP contribution in [0.4, 0.5) is 0 Å². The second-order valence-corrected chi connectivity index (χ2v) is 16.0. The van der Waals surface area contributed by atoms with Crippen molar-refractivity contribution in [1.29, 1.82) is 0 Å². The highest BCUT2D eigenvalue weighted by Crippen LogP contribution is 2.41. The first-order valence-corrected chi connectivity index (χ1v) is 18.6. The zero-order chi connectivity index (χ0) is 31.7. The van der Waals surface area contributed by atoms with E-state index in [4.69, 9.17) is 9.47 Å². The van der Waals surface area contributed by atoms with E-state index in [2.05, 4.69) is 54.7 Å². The third kappa shape index (κ3) is 10.3. The highest BCUT2D eigenvalue weighted by atomic mass is 32.2. The maximum atomic E-state index is 13.4. The molecule has 6 heteroatoms. The van der Waals surface area contributed by atoms with E-state index in [0.717, 1.165) is 50.5 Å². The lowest BCUT2D eigenvalue weighted by Gasteiger charge is -2.27. The topological polar surface area (TPSA) is 72.8 Å². The van der Waals surface area contributed by atoms with Gasteiger partial charge in [0.2, 0.25) is 0 Å². The van der Waals surface area contributed by atoms with Crippen LogP contribution in [0.15, 0.2) is 59.5 Å². The van der Waals surface area contributed by atoms with Crippen molar-refractivity contribution in [2.45, 2.75) is 141 Å². The van der Waals surface area contributed by atoms with E-state index in [1.807, 2.05) is 6.07 Å². The average Bonchev–Trinajstić information content (AvgIpc) is 3.47. The summed E-state index contributed by atoms with van der Waals surface area (Å²) in [6.07, 6.45) is 9.26. The summed E-state index contributed by atoms with van der Waals surface area (Å²) >= 11 is 0. The van der Waals surface area contributed by atoms with E-state index in [1.165, 1.54) is 18.4 Å². The summed E-state index contributed by atoms with van der Waals surface area (Å²) in [6, 6.07) is 8.70. The van der Waals surface area contributed by atoms with Crippen LogP contribution in [0.25, 0.3) is 0 Å². The quantitative estimate of drug-likeness (QED) is 0.167. The largest absolute Gasteiger partial charge is 0.389 e. The summed E-state index contributed by atoms with van der Waals surface area (Å²) in [4.78, 5) is 0.349. The van der Waals surface area contributed by atoms with E-state index in [-0.39, 0.29) is 41.8 Å². The Morgan fingerprint density at radius 2 is 1.72 bits per heavy atom. The van der Waals surface area contributed by atoms with Gasteiger partial charge in [-0.1, -0.05) is 92.2 Å². The van der Waals surface area contributed by atoms with Crippen LogP contribution < -0.4 is 0 Å². The van der Waals surface area contributed by atoms with Crippen LogP contribution in [-0.2, 0) is 19.3 Å². The fourth-order valence-corrected chi connectivity index (χ4v) is 8.84. The van der Waals surface area contributed by atoms with Crippen molar-refractivity contribution in [2.75, 3.05) is 5.75 Å². The van der Waals surface area contributed by atoms with Crippen molar-refractivity contribution in [3.63, 3.8) is 0 Å². The minimum Gasteiger partial charge on any atom is -0.389 e. The molecule has 0 radical (unpaired) electrons. The van der Waals surface area contributed by atoms with Gasteiger partial charge in [0.25, 0.3) is 0 Å². The summed E-state index contributed by atoms with van der Waals surface area (Å²) in [5, 5.41) is 11.4. The molecule has 0 bridgehead atoms. The molecule has 1 aromatic rings. The maximum Gasteiger partial charge on any atom is 0.178 e. The van der Waals surface area contributed by atoms with Gasteiger partial charge in [-0.25, -0.2) is 8.42 Å². The van der Waals surface area contributed by atoms with Gasteiger partial charge < -0.3 is 14.6 Å². The van der Waals surface area contributed by atoms with Crippen molar-refractivity contribution in [3.05, 3.63) is 54.6 Å². The standard InChI is InChI=1S/C37H60O5S/c1-9-11-15-31-22-28(6)35(41-31)19-18-26(4)20-27(5)29(7)34(38)23-37-33(30(8)36(42-37)21-25(3)10-2)24-43(39,40)32-16-13-12-14-17-32/h12-14,16-17,25-27,30-31,33-38H,6-7,9-11,15,18-24H2,1-5,8H3/t25-,26?,27-,30-,31+,33-,34?,35?,36-,37?/m1/s1. The van der Waals surface area contributed by atoms with Crippen LogP contribution in [0, 0.1) is 29.6 Å². The van der Waals surface area contributed by atoms with E-state index in [1.54, 1.807) is 24.3 Å². The molecule has 4 unspecified atom stereocenters. The molecule has 5 nitrogen and oxygen atoms in total. The predicted molar refractivity (Wildman–Crippen MR) is 178 cm³/mol. The molecule has 2 aliphatic rings. The minimum atomic E-state index is -3.48. The zero-order valence-corrected chi connectivity index (χ0v) is 28.7. The number of benzene rings is 1. The lowest BCUT2D eigenvalue weighted by atomic mass is 9.82. The highest BCUT2D eigenvalue weighted by Gasteiger charge is 2.45. The Balaban J connectivity index is 1.58. The molecule has 1 aromatic carbocycles. The first kappa shape index (κ1) is 36.0. The summed E-state index contributed by atoms with van der Waals surface area (Å²) in [5.41, 5.74) is 2.06. The second kappa shape index (κ2) is 16.7. The van der Waals surface area contributed by atoms with Crippen molar-refractivity contribution < 1.29 is 23.0 Å². The van der Waals surface area contributed by atoms with E-state index < -0.39 is 15.9 Å². The molecule has 244 valence electrons. The van der Waals surface area contributed by atoms with Crippen molar-refractivity contribution in [2.24, 2.45) is 29.6 Å². The molecule has 0 spiro atoms. The number of hydrogen-bond acceptors (Lipinski definition) is 5. The molecule has 2 fully saturated rings. The SMILES string of the molecule is C=C1C[C@H](CCCC)OC1CCC(C)C[C@@H](C)C(=C)C(O)CC1O[C@H](C[C@H](C)CC)[C@H](C)[C@H]1CS(=O)(=O)c1ccccc1. The summed E-state index contributed by atoms with van der Waals surface area (Å²) < 4.78 is 39.7. The van der Waals surface area contributed by atoms with Crippen LogP contribution in [0.1, 0.15) is 106 Å². The lowest BCUT2D eigenvalue weighted by molar-refractivity contribution is -0.00377. The van der Waals surface area contributed by atoms with Crippen molar-refractivity contribution >= 4 is 9.84 Å². The Bertz CT molecular complexity index is 1120. The fourth-order valence-electron chi connectivity index (χ4n) is 7.05. The maximum absolute atomic E-state index is 13.4. The monoisotopic (exact) mass is 616 g/mol. The number of sulfone groups is 1. The Morgan fingerprint density at radius 3 is 2.37 bits per heavy atom. The van der Waals surface area contributed by atoms with Gasteiger partial charge in [-0.05, 0) is 85.5 Å². The number of unbranched alkanes of at least 4 members (excludes halogenated alkanes) is 1. The Hall–Kier alpha value is -1.47. The smallest absolute Gasteiger partial charge is 0.178 e. The van der Waals surface area contributed by atoms with Crippen LogP contribution in [0.3, 0.4) is 0 Å². The average molecular weight is 617 g/mol. The third-order valence-corrected chi connectivity index (χ3v) is 12.1. The van der Waals surface area contributed by atoms with Gasteiger partial charge in [0.1, 0.15) is 0 Å². The summed E-state index contributed by atoms with van der Waals surface area (Å²) in [5.74, 6) is 1.04. The van der Waals surface area contributed by atoms with Crippen molar-refractivity contribution in [1.82, 2.24) is 0 Å². The molecule has 1 N–H and O–H groups in total. The Morgan fingerprint density at radius 1 is 1.02 bits per heavy atom. The molecule has 2 aliphatic heterocycles.